The van der Waals surface area contributed by atoms with Crippen molar-refractivity contribution in [3.63, 3.8) is 0 Å². The number of nitrogens with one attached hydrogen (secondary N) is 2. The van der Waals surface area contributed by atoms with Crippen LogP contribution in [0.1, 0.15) is 16.9 Å². The molecule has 0 radical (unpaired) electrons. The van der Waals surface area contributed by atoms with Gasteiger partial charge in [0, 0.05) is 18.8 Å². The Kier molecular flexibility index (Phi) is 4.00. The standard InChI is InChI=1S/C16H17N5O/c1-11-4-3-5-13(8-11)10-18-14-6-7-17-16(19-14)20-15-9-12(2)22-21-15/h3-9H,10H2,1-2H3,(H2,17,18,19,20,21). The second-order valence-corrected chi connectivity index (χ2v) is 5.06. The van der Waals surface area contributed by atoms with Gasteiger partial charge in [0.1, 0.15) is 11.6 Å². The van der Waals surface area contributed by atoms with Crippen LogP contribution < -0.4 is 10.6 Å². The average Bonchev–Trinajstić information content (AvgIpc) is 2.91. The molecule has 6 heteroatoms. The first-order valence-electron chi connectivity index (χ1n) is 7.02. The molecule has 22 heavy (non-hydrogen) atoms. The van der Waals surface area contributed by atoms with Crippen molar-refractivity contribution >= 4 is 17.6 Å². The van der Waals surface area contributed by atoms with Crippen LogP contribution in [0.15, 0.2) is 47.1 Å². The molecule has 2 heterocycles. The first kappa shape index (κ1) is 14.1. The molecule has 2 aromatic heterocycles. The molecule has 0 aliphatic carbocycles. The predicted molar refractivity (Wildman–Crippen MR) is 85.1 cm³/mol. The molecule has 3 aromatic rings. The zero-order chi connectivity index (χ0) is 15.4. The molecular formula is C16H17N5O. The average molecular weight is 295 g/mol. The Hall–Kier alpha value is -2.89. The maximum Gasteiger partial charge on any atom is 0.230 e. The first-order valence-corrected chi connectivity index (χ1v) is 7.02. The quantitative estimate of drug-likeness (QED) is 0.751. The molecule has 0 saturated carbocycles. The van der Waals surface area contributed by atoms with Crippen LogP contribution in [0.2, 0.25) is 0 Å². The minimum Gasteiger partial charge on any atom is -0.366 e. The fraction of sp³-hybridized carbons (Fsp3) is 0.188. The van der Waals surface area contributed by atoms with Gasteiger partial charge in [-0.25, -0.2) is 4.98 Å². The van der Waals surface area contributed by atoms with E-state index in [1.807, 2.05) is 19.1 Å². The smallest absolute Gasteiger partial charge is 0.230 e. The second kappa shape index (κ2) is 6.26. The van der Waals surface area contributed by atoms with Gasteiger partial charge in [-0.15, -0.1) is 0 Å². The van der Waals surface area contributed by atoms with E-state index in [0.29, 0.717) is 18.3 Å². The molecule has 3 rings (SSSR count). The largest absolute Gasteiger partial charge is 0.366 e. The van der Waals surface area contributed by atoms with Crippen molar-refractivity contribution in [1.82, 2.24) is 15.1 Å². The molecule has 0 atom stereocenters. The van der Waals surface area contributed by atoms with E-state index < -0.39 is 0 Å². The van der Waals surface area contributed by atoms with Crippen LogP contribution in [-0.2, 0) is 6.54 Å². The number of aryl methyl sites for hydroxylation is 2. The fourth-order valence-corrected chi connectivity index (χ4v) is 2.07. The molecule has 0 spiro atoms. The summed E-state index contributed by atoms with van der Waals surface area (Å²) in [4.78, 5) is 8.57. The van der Waals surface area contributed by atoms with E-state index in [1.165, 1.54) is 11.1 Å². The van der Waals surface area contributed by atoms with Crippen molar-refractivity contribution in [2.24, 2.45) is 0 Å². The Morgan fingerprint density at radius 3 is 2.77 bits per heavy atom. The lowest BCUT2D eigenvalue weighted by molar-refractivity contribution is 0.400. The molecule has 1 aromatic carbocycles. The lowest BCUT2D eigenvalue weighted by Gasteiger charge is -2.07. The highest BCUT2D eigenvalue weighted by Crippen LogP contribution is 2.14. The molecule has 0 unspecified atom stereocenters. The number of benzene rings is 1. The van der Waals surface area contributed by atoms with Crippen molar-refractivity contribution in [3.8, 4) is 0 Å². The van der Waals surface area contributed by atoms with Gasteiger partial charge in [-0.3, -0.25) is 0 Å². The molecule has 6 nitrogen and oxygen atoms in total. The van der Waals surface area contributed by atoms with Crippen molar-refractivity contribution in [2.75, 3.05) is 10.6 Å². The first-order chi connectivity index (χ1) is 10.7. The van der Waals surface area contributed by atoms with Crippen LogP contribution in [0.25, 0.3) is 0 Å². The van der Waals surface area contributed by atoms with Gasteiger partial charge in [0.15, 0.2) is 5.82 Å². The summed E-state index contributed by atoms with van der Waals surface area (Å²) in [5.41, 5.74) is 2.45. The van der Waals surface area contributed by atoms with E-state index in [0.717, 1.165) is 11.6 Å². The molecule has 0 aliphatic rings. The maximum absolute atomic E-state index is 5.00. The third-order valence-corrected chi connectivity index (χ3v) is 3.08. The molecule has 112 valence electrons. The van der Waals surface area contributed by atoms with Crippen LogP contribution >= 0.6 is 0 Å². The maximum atomic E-state index is 5.00. The van der Waals surface area contributed by atoms with Gasteiger partial charge in [0.05, 0.1) is 0 Å². The summed E-state index contributed by atoms with van der Waals surface area (Å²) < 4.78 is 5.00. The van der Waals surface area contributed by atoms with Gasteiger partial charge in [-0.2, -0.15) is 4.98 Å². The Morgan fingerprint density at radius 1 is 1.09 bits per heavy atom. The van der Waals surface area contributed by atoms with E-state index in [9.17, 15) is 0 Å². The Morgan fingerprint density at radius 2 is 2.00 bits per heavy atom. The van der Waals surface area contributed by atoms with Gasteiger partial charge in [0.2, 0.25) is 5.95 Å². The number of nitrogens with zero attached hydrogens (tertiary/aromatic N) is 3. The zero-order valence-electron chi connectivity index (χ0n) is 12.5. The van der Waals surface area contributed by atoms with E-state index in [4.69, 9.17) is 4.52 Å². The van der Waals surface area contributed by atoms with Crippen LogP contribution in [0.4, 0.5) is 17.6 Å². The minimum absolute atomic E-state index is 0.475. The van der Waals surface area contributed by atoms with E-state index in [2.05, 4.69) is 50.9 Å². The molecule has 0 amide bonds. The number of anilines is 3. The van der Waals surface area contributed by atoms with Crippen molar-refractivity contribution in [2.45, 2.75) is 20.4 Å². The van der Waals surface area contributed by atoms with Crippen LogP contribution in [0, 0.1) is 13.8 Å². The summed E-state index contributed by atoms with van der Waals surface area (Å²) in [6, 6.07) is 12.0. The van der Waals surface area contributed by atoms with E-state index in [-0.39, 0.29) is 0 Å². The summed E-state index contributed by atoms with van der Waals surface area (Å²) in [7, 11) is 0. The number of aromatic nitrogens is 3. The van der Waals surface area contributed by atoms with Crippen molar-refractivity contribution < 1.29 is 4.52 Å². The minimum atomic E-state index is 0.475. The third kappa shape index (κ3) is 3.60. The highest BCUT2D eigenvalue weighted by molar-refractivity contribution is 5.50. The van der Waals surface area contributed by atoms with E-state index in [1.54, 1.807) is 12.3 Å². The van der Waals surface area contributed by atoms with Gasteiger partial charge in [0.25, 0.3) is 0 Å². The Balaban J connectivity index is 1.66. The van der Waals surface area contributed by atoms with Gasteiger partial charge in [-0.05, 0) is 25.5 Å². The predicted octanol–water partition coefficient (Wildman–Crippen LogP) is 3.44. The highest BCUT2D eigenvalue weighted by Gasteiger charge is 2.04. The molecule has 0 saturated heterocycles. The second-order valence-electron chi connectivity index (χ2n) is 5.06. The van der Waals surface area contributed by atoms with Crippen molar-refractivity contribution in [3.05, 3.63) is 59.5 Å². The van der Waals surface area contributed by atoms with Crippen LogP contribution in [0.5, 0.6) is 0 Å². The molecule has 0 bridgehead atoms. The van der Waals surface area contributed by atoms with Gasteiger partial charge in [-0.1, -0.05) is 35.0 Å². The number of rotatable bonds is 5. The molecule has 0 aliphatic heterocycles. The van der Waals surface area contributed by atoms with Crippen molar-refractivity contribution in [1.29, 1.82) is 0 Å². The Labute approximate surface area is 128 Å². The number of hydrogen-bond donors (Lipinski definition) is 2. The highest BCUT2D eigenvalue weighted by atomic mass is 16.5. The molecule has 0 fully saturated rings. The topological polar surface area (TPSA) is 75.9 Å². The normalized spacial score (nSPS) is 10.5. The third-order valence-electron chi connectivity index (χ3n) is 3.08. The summed E-state index contributed by atoms with van der Waals surface area (Å²) in [5, 5.41) is 10.1. The summed E-state index contributed by atoms with van der Waals surface area (Å²) in [6.07, 6.45) is 1.70. The number of hydrogen-bond acceptors (Lipinski definition) is 6. The lowest BCUT2D eigenvalue weighted by Crippen LogP contribution is -2.04. The lowest BCUT2D eigenvalue weighted by atomic mass is 10.1. The summed E-state index contributed by atoms with van der Waals surface area (Å²) in [6.45, 7) is 4.62. The molecule has 2 N–H and O–H groups in total. The Bertz CT molecular complexity index is 768. The van der Waals surface area contributed by atoms with Gasteiger partial charge >= 0.3 is 0 Å². The summed E-state index contributed by atoms with van der Waals surface area (Å²) >= 11 is 0. The molecular weight excluding hydrogens is 278 g/mol. The van der Waals surface area contributed by atoms with Gasteiger partial charge < -0.3 is 15.2 Å². The zero-order valence-corrected chi connectivity index (χ0v) is 12.5. The van der Waals surface area contributed by atoms with Crippen LogP contribution in [-0.4, -0.2) is 15.1 Å². The van der Waals surface area contributed by atoms with Crippen LogP contribution in [0.3, 0.4) is 0 Å². The summed E-state index contributed by atoms with van der Waals surface area (Å²) in [5.74, 6) is 2.55. The fourth-order valence-electron chi connectivity index (χ4n) is 2.07. The SMILES string of the molecule is Cc1cccc(CNc2ccnc(Nc3cc(C)on3)n2)c1. The van der Waals surface area contributed by atoms with E-state index >= 15 is 0 Å². The monoisotopic (exact) mass is 295 g/mol.